The Kier molecular flexibility index (Phi) is 7.18. The van der Waals surface area contributed by atoms with E-state index in [1.165, 1.54) is 20.3 Å². The Labute approximate surface area is 208 Å². The Morgan fingerprint density at radius 1 is 1.06 bits per heavy atom. The SMILES string of the molecule is C=CCc1cc2c(cc1CS(N)(=O)=O)C(c1ccc(OC)c(OC)c1)Oc1cccc(OC(F)F)c1-2. The van der Waals surface area contributed by atoms with Gasteiger partial charge in [-0.2, -0.15) is 8.78 Å². The number of ether oxygens (including phenoxy) is 4. The van der Waals surface area contributed by atoms with Crippen LogP contribution in [-0.2, 0) is 22.2 Å². The molecule has 0 aromatic heterocycles. The van der Waals surface area contributed by atoms with Crippen molar-refractivity contribution in [3.63, 3.8) is 0 Å². The summed E-state index contributed by atoms with van der Waals surface area (Å²) in [4.78, 5) is 0. The predicted octanol–water partition coefficient (Wildman–Crippen LogP) is 4.97. The summed E-state index contributed by atoms with van der Waals surface area (Å²) in [6.07, 6.45) is 1.25. The topological polar surface area (TPSA) is 97.1 Å². The first kappa shape index (κ1) is 25.5. The normalized spacial score (nSPS) is 14.4. The number of rotatable bonds is 9. The lowest BCUT2D eigenvalue weighted by atomic mass is 9.85. The highest BCUT2D eigenvalue weighted by molar-refractivity contribution is 7.88. The zero-order valence-corrected chi connectivity index (χ0v) is 20.5. The van der Waals surface area contributed by atoms with Gasteiger partial charge in [-0.3, -0.25) is 0 Å². The Morgan fingerprint density at radius 3 is 2.44 bits per heavy atom. The molecule has 10 heteroatoms. The third-order valence-electron chi connectivity index (χ3n) is 5.80. The summed E-state index contributed by atoms with van der Waals surface area (Å²) in [5.41, 5.74) is 3.26. The molecule has 1 aliphatic heterocycles. The molecule has 190 valence electrons. The van der Waals surface area contributed by atoms with E-state index in [-0.39, 0.29) is 5.75 Å². The van der Waals surface area contributed by atoms with Crippen LogP contribution < -0.4 is 24.1 Å². The fourth-order valence-corrected chi connectivity index (χ4v) is 5.06. The highest BCUT2D eigenvalue weighted by atomic mass is 32.2. The molecule has 0 spiro atoms. The number of allylic oxidation sites excluding steroid dienone is 1. The molecule has 36 heavy (non-hydrogen) atoms. The van der Waals surface area contributed by atoms with Gasteiger partial charge in [-0.05, 0) is 59.5 Å². The van der Waals surface area contributed by atoms with Crippen molar-refractivity contribution in [1.29, 1.82) is 0 Å². The van der Waals surface area contributed by atoms with Gasteiger partial charge in [0.1, 0.15) is 17.6 Å². The maximum atomic E-state index is 13.2. The van der Waals surface area contributed by atoms with Gasteiger partial charge < -0.3 is 18.9 Å². The summed E-state index contributed by atoms with van der Waals surface area (Å²) in [6, 6.07) is 13.3. The number of hydrogen-bond donors (Lipinski definition) is 1. The fourth-order valence-electron chi connectivity index (χ4n) is 4.36. The van der Waals surface area contributed by atoms with Crippen LogP contribution in [0.4, 0.5) is 8.78 Å². The molecule has 1 aliphatic rings. The molecule has 3 aromatic rings. The van der Waals surface area contributed by atoms with E-state index in [4.69, 9.17) is 24.1 Å². The van der Waals surface area contributed by atoms with Crippen molar-refractivity contribution in [1.82, 2.24) is 0 Å². The molecular formula is C26H25F2NO6S. The summed E-state index contributed by atoms with van der Waals surface area (Å²) in [5.74, 6) is 0.849. The first-order chi connectivity index (χ1) is 17.1. The standard InChI is InChI=1S/C26H25F2NO6S/c1-4-6-15-11-18-19(12-17(15)14-36(29,30)31)25(16-9-10-20(32-2)23(13-16)33-3)34-21-7-5-8-22(24(18)21)35-26(27)28/h4-5,7-13,25-26H,1,6,14H2,2-3H3,(H2,29,30,31). The first-order valence-corrected chi connectivity index (χ1v) is 12.6. The van der Waals surface area contributed by atoms with Crippen LogP contribution in [0.1, 0.15) is 28.4 Å². The zero-order valence-electron chi connectivity index (χ0n) is 19.7. The quantitative estimate of drug-likeness (QED) is 0.403. The van der Waals surface area contributed by atoms with Gasteiger partial charge in [-0.15, -0.1) is 6.58 Å². The second-order valence-corrected chi connectivity index (χ2v) is 9.74. The van der Waals surface area contributed by atoms with E-state index in [9.17, 15) is 17.2 Å². The summed E-state index contributed by atoms with van der Waals surface area (Å²) in [7, 11) is -0.841. The maximum Gasteiger partial charge on any atom is 0.387 e. The molecule has 0 saturated heterocycles. The highest BCUT2D eigenvalue weighted by Crippen LogP contribution is 2.50. The van der Waals surface area contributed by atoms with Crippen LogP contribution in [0.2, 0.25) is 0 Å². The van der Waals surface area contributed by atoms with Crippen molar-refractivity contribution >= 4 is 10.0 Å². The minimum atomic E-state index is -3.87. The number of methoxy groups -OCH3 is 2. The molecule has 0 aliphatic carbocycles. The van der Waals surface area contributed by atoms with Crippen molar-refractivity contribution in [2.24, 2.45) is 5.14 Å². The number of primary sulfonamides is 1. The summed E-state index contributed by atoms with van der Waals surface area (Å²) in [6.45, 7) is 0.706. The minimum absolute atomic E-state index is 0.0572. The first-order valence-electron chi connectivity index (χ1n) is 10.9. The summed E-state index contributed by atoms with van der Waals surface area (Å²) >= 11 is 0. The predicted molar refractivity (Wildman–Crippen MR) is 131 cm³/mol. The van der Waals surface area contributed by atoms with Gasteiger partial charge in [-0.25, -0.2) is 13.6 Å². The lowest BCUT2D eigenvalue weighted by molar-refractivity contribution is -0.0496. The summed E-state index contributed by atoms with van der Waals surface area (Å²) in [5, 5.41) is 5.36. The van der Waals surface area contributed by atoms with Gasteiger partial charge in [0.2, 0.25) is 10.0 Å². The van der Waals surface area contributed by atoms with Crippen molar-refractivity contribution in [3.05, 3.63) is 83.4 Å². The number of hydrogen-bond acceptors (Lipinski definition) is 6. The molecule has 0 fully saturated rings. The number of benzene rings is 3. The molecule has 1 heterocycles. The van der Waals surface area contributed by atoms with E-state index in [1.807, 2.05) is 0 Å². The van der Waals surface area contributed by atoms with E-state index in [0.717, 1.165) is 0 Å². The molecule has 1 unspecified atom stereocenters. The van der Waals surface area contributed by atoms with Gasteiger partial charge >= 0.3 is 6.61 Å². The molecular weight excluding hydrogens is 492 g/mol. The number of nitrogens with two attached hydrogens (primary N) is 1. The van der Waals surface area contributed by atoms with Gasteiger partial charge in [0, 0.05) is 11.1 Å². The van der Waals surface area contributed by atoms with E-state index >= 15 is 0 Å². The third kappa shape index (κ3) is 5.14. The van der Waals surface area contributed by atoms with Gasteiger partial charge in [0.05, 0.1) is 25.5 Å². The van der Waals surface area contributed by atoms with Crippen LogP contribution in [0.25, 0.3) is 11.1 Å². The van der Waals surface area contributed by atoms with Crippen LogP contribution in [-0.4, -0.2) is 29.2 Å². The van der Waals surface area contributed by atoms with Crippen LogP contribution in [0.3, 0.4) is 0 Å². The second kappa shape index (κ2) is 10.2. The van der Waals surface area contributed by atoms with E-state index in [1.54, 1.807) is 48.5 Å². The molecule has 0 saturated carbocycles. The zero-order chi connectivity index (χ0) is 26.0. The third-order valence-corrected chi connectivity index (χ3v) is 6.52. The van der Waals surface area contributed by atoms with E-state index in [2.05, 4.69) is 6.58 Å². The van der Waals surface area contributed by atoms with Gasteiger partial charge in [-0.1, -0.05) is 18.2 Å². The van der Waals surface area contributed by atoms with Crippen LogP contribution in [0, 0.1) is 0 Å². The molecule has 0 radical (unpaired) electrons. The number of alkyl halides is 2. The van der Waals surface area contributed by atoms with Crippen molar-refractivity contribution in [2.75, 3.05) is 14.2 Å². The minimum Gasteiger partial charge on any atom is -0.493 e. The van der Waals surface area contributed by atoms with E-state index in [0.29, 0.717) is 57.1 Å². The van der Waals surface area contributed by atoms with Crippen molar-refractivity contribution in [2.45, 2.75) is 24.9 Å². The van der Waals surface area contributed by atoms with Gasteiger partial charge in [0.15, 0.2) is 11.5 Å². The fraction of sp³-hybridized carbons (Fsp3) is 0.231. The Morgan fingerprint density at radius 2 is 1.81 bits per heavy atom. The molecule has 3 aromatic carbocycles. The molecule has 1 atom stereocenters. The molecule has 0 bridgehead atoms. The Balaban J connectivity index is 1.99. The number of fused-ring (bicyclic) bond motifs is 3. The molecule has 2 N–H and O–H groups in total. The number of sulfonamides is 1. The largest absolute Gasteiger partial charge is 0.493 e. The lowest BCUT2D eigenvalue weighted by Crippen LogP contribution is -2.20. The van der Waals surface area contributed by atoms with Crippen LogP contribution >= 0.6 is 0 Å². The Bertz CT molecular complexity index is 1410. The van der Waals surface area contributed by atoms with Gasteiger partial charge in [0.25, 0.3) is 0 Å². The van der Waals surface area contributed by atoms with Crippen LogP contribution in [0.15, 0.2) is 61.2 Å². The van der Waals surface area contributed by atoms with E-state index < -0.39 is 28.5 Å². The van der Waals surface area contributed by atoms with Crippen molar-refractivity contribution in [3.8, 4) is 34.1 Å². The average Bonchev–Trinajstić information content (AvgIpc) is 2.82. The smallest absolute Gasteiger partial charge is 0.387 e. The molecule has 7 nitrogen and oxygen atoms in total. The maximum absolute atomic E-state index is 13.2. The lowest BCUT2D eigenvalue weighted by Gasteiger charge is -2.31. The average molecular weight is 518 g/mol. The monoisotopic (exact) mass is 517 g/mol. The number of halogens is 2. The summed E-state index contributed by atoms with van der Waals surface area (Å²) < 4.78 is 72.3. The Hall–Kier alpha value is -3.63. The van der Waals surface area contributed by atoms with Crippen molar-refractivity contribution < 1.29 is 36.1 Å². The molecule has 4 rings (SSSR count). The second-order valence-electron chi connectivity index (χ2n) is 8.13. The van der Waals surface area contributed by atoms with Crippen LogP contribution in [0.5, 0.6) is 23.0 Å². The molecule has 0 amide bonds. The highest BCUT2D eigenvalue weighted by Gasteiger charge is 2.32.